The Morgan fingerprint density at radius 2 is 1.80 bits per heavy atom. The maximum absolute atomic E-state index is 13.0. The van der Waals surface area contributed by atoms with Crippen LogP contribution in [-0.4, -0.2) is 35.2 Å². The Labute approximate surface area is 202 Å². The molecule has 2 N–H and O–H groups in total. The van der Waals surface area contributed by atoms with E-state index >= 15 is 0 Å². The Kier molecular flexibility index (Phi) is 5.53. The Morgan fingerprint density at radius 1 is 1.09 bits per heavy atom. The van der Waals surface area contributed by atoms with Gasteiger partial charge in [0.2, 0.25) is 11.8 Å². The standard InChI is InChI=1S/C23H17ClN6O5/c1-2-29-22(33)28-21(30(23(29)34)11-12-7-15-16(8-12)19(15)24)26-13-3-5-14(6-4-13)35-18-10-25-9-17(27-18)20(31)32/h3-10H,2,11H2,1H3,(H,31,32)(H,26,28,33). The number of aromatic carboxylic acids is 1. The van der Waals surface area contributed by atoms with Gasteiger partial charge in [-0.1, -0.05) is 11.6 Å². The summed E-state index contributed by atoms with van der Waals surface area (Å²) in [4.78, 5) is 48.1. The Bertz CT molecular complexity index is 1570. The highest BCUT2D eigenvalue weighted by Gasteiger charge is 2.25. The summed E-state index contributed by atoms with van der Waals surface area (Å²) in [5.74, 6) is -0.714. The maximum atomic E-state index is 13.0. The molecular formula is C23H17ClN6O5. The lowest BCUT2D eigenvalue weighted by Crippen LogP contribution is -2.42. The minimum atomic E-state index is -1.22. The molecule has 1 aromatic carbocycles. The fourth-order valence-electron chi connectivity index (χ4n) is 3.55. The average molecular weight is 493 g/mol. The van der Waals surface area contributed by atoms with Crippen molar-refractivity contribution in [2.75, 3.05) is 5.32 Å². The number of hydrogen-bond acceptors (Lipinski definition) is 8. The largest absolute Gasteiger partial charge is 0.476 e. The smallest absolute Gasteiger partial charge is 0.356 e. The third-order valence-electron chi connectivity index (χ3n) is 5.33. The molecule has 3 aromatic rings. The summed E-state index contributed by atoms with van der Waals surface area (Å²) < 4.78 is 8.01. The van der Waals surface area contributed by atoms with E-state index < -0.39 is 17.3 Å². The van der Waals surface area contributed by atoms with Crippen molar-refractivity contribution in [2.45, 2.75) is 20.0 Å². The number of benzene rings is 2. The van der Waals surface area contributed by atoms with E-state index in [1.54, 1.807) is 31.2 Å². The summed E-state index contributed by atoms with van der Waals surface area (Å²) in [7, 11) is 0. The second-order valence-corrected chi connectivity index (χ2v) is 8.01. The molecule has 5 rings (SSSR count). The number of rotatable bonds is 8. The quantitative estimate of drug-likeness (QED) is 0.334. The van der Waals surface area contributed by atoms with Crippen molar-refractivity contribution in [2.24, 2.45) is 0 Å². The first-order chi connectivity index (χ1) is 16.8. The molecule has 0 bridgehead atoms. The van der Waals surface area contributed by atoms with Crippen LogP contribution >= 0.6 is 11.6 Å². The fourth-order valence-corrected chi connectivity index (χ4v) is 3.82. The summed E-state index contributed by atoms with van der Waals surface area (Å²) in [5.41, 5.74) is 1.98. The summed E-state index contributed by atoms with van der Waals surface area (Å²) >= 11 is 6.03. The first-order valence-electron chi connectivity index (χ1n) is 10.5. The van der Waals surface area contributed by atoms with Crippen LogP contribution in [0.1, 0.15) is 23.0 Å². The molecule has 0 unspecified atom stereocenters. The van der Waals surface area contributed by atoms with E-state index in [-0.39, 0.29) is 30.6 Å². The molecule has 2 aromatic heterocycles. The fraction of sp³-hybridized carbons (Fsp3) is 0.130. The predicted molar refractivity (Wildman–Crippen MR) is 127 cm³/mol. The third kappa shape index (κ3) is 4.36. The van der Waals surface area contributed by atoms with E-state index in [0.717, 1.165) is 32.5 Å². The topological polar surface area (TPSA) is 141 Å². The van der Waals surface area contributed by atoms with Gasteiger partial charge in [-0.05, 0) is 48.9 Å². The van der Waals surface area contributed by atoms with Gasteiger partial charge in [0.1, 0.15) is 5.75 Å². The lowest BCUT2D eigenvalue weighted by molar-refractivity contribution is 0.0689. The van der Waals surface area contributed by atoms with Gasteiger partial charge in [-0.2, -0.15) is 4.98 Å². The van der Waals surface area contributed by atoms with E-state index in [4.69, 9.17) is 21.4 Å². The normalized spacial score (nSPS) is 11.3. The van der Waals surface area contributed by atoms with Gasteiger partial charge in [0.15, 0.2) is 5.69 Å². The molecule has 2 heterocycles. The van der Waals surface area contributed by atoms with Crippen molar-refractivity contribution in [1.82, 2.24) is 24.1 Å². The first kappa shape index (κ1) is 22.3. The van der Waals surface area contributed by atoms with Crippen LogP contribution in [0.25, 0.3) is 11.1 Å². The lowest BCUT2D eigenvalue weighted by atomic mass is 10.3. The van der Waals surface area contributed by atoms with Gasteiger partial charge in [-0.3, -0.25) is 9.55 Å². The number of fused-ring (bicyclic) bond motifs is 1. The van der Waals surface area contributed by atoms with E-state index in [1.807, 2.05) is 12.1 Å². The Hall–Kier alpha value is -4.51. The van der Waals surface area contributed by atoms with E-state index in [9.17, 15) is 14.4 Å². The average Bonchev–Trinajstić information content (AvgIpc) is 3.23. The molecule has 0 spiro atoms. The van der Waals surface area contributed by atoms with Crippen molar-refractivity contribution < 1.29 is 14.6 Å². The minimum absolute atomic E-state index is 0.0246. The molecule has 0 saturated heterocycles. The molecule has 0 atom stereocenters. The van der Waals surface area contributed by atoms with Crippen LogP contribution < -0.4 is 21.4 Å². The van der Waals surface area contributed by atoms with Crippen LogP contribution in [-0.2, 0) is 13.1 Å². The van der Waals surface area contributed by atoms with Crippen molar-refractivity contribution in [3.05, 3.63) is 86.0 Å². The zero-order valence-electron chi connectivity index (χ0n) is 18.2. The highest BCUT2D eigenvalue weighted by Crippen LogP contribution is 2.49. The van der Waals surface area contributed by atoms with Gasteiger partial charge in [0.05, 0.1) is 24.0 Å². The lowest BCUT2D eigenvalue weighted by Gasteiger charge is -2.15. The van der Waals surface area contributed by atoms with Crippen molar-refractivity contribution in [1.29, 1.82) is 0 Å². The third-order valence-corrected chi connectivity index (χ3v) is 5.74. The molecule has 0 fully saturated rings. The van der Waals surface area contributed by atoms with Gasteiger partial charge >= 0.3 is 17.3 Å². The van der Waals surface area contributed by atoms with E-state index in [0.29, 0.717) is 11.4 Å². The summed E-state index contributed by atoms with van der Waals surface area (Å²) in [6.45, 7) is 2.11. The van der Waals surface area contributed by atoms with Crippen LogP contribution in [0.5, 0.6) is 11.6 Å². The second-order valence-electron chi connectivity index (χ2n) is 7.64. The molecule has 2 aliphatic rings. The highest BCUT2D eigenvalue weighted by molar-refractivity contribution is 6.42. The molecule has 35 heavy (non-hydrogen) atoms. The number of carbonyl (C=O) groups is 1. The number of ether oxygens (including phenoxy) is 1. The van der Waals surface area contributed by atoms with Crippen molar-refractivity contribution in [3.63, 3.8) is 0 Å². The van der Waals surface area contributed by atoms with Gasteiger partial charge in [0, 0.05) is 23.4 Å². The SMILES string of the molecule is CCn1c(=O)nc(Nc2ccc(Oc3cncc(C(=O)O)n3)cc2)n(Cc2cc3c(Cl)c-3c2)c1=O. The minimum Gasteiger partial charge on any atom is -0.476 e. The van der Waals surface area contributed by atoms with Crippen LogP contribution in [0, 0.1) is 0 Å². The number of anilines is 2. The number of halogens is 1. The van der Waals surface area contributed by atoms with E-state index in [2.05, 4.69) is 20.3 Å². The second kappa shape index (κ2) is 8.69. The highest BCUT2D eigenvalue weighted by atomic mass is 35.5. The Balaban J connectivity index is 1.40. The van der Waals surface area contributed by atoms with Gasteiger partial charge in [-0.15, -0.1) is 0 Å². The predicted octanol–water partition coefficient (Wildman–Crippen LogP) is 3.13. The number of hydrogen-bond donors (Lipinski definition) is 2. The molecule has 0 radical (unpaired) electrons. The number of nitrogens with one attached hydrogen (secondary N) is 1. The number of carboxylic acids is 1. The number of aromatic nitrogens is 5. The summed E-state index contributed by atoms with van der Waals surface area (Å²) in [6.07, 6.45) is 2.41. The van der Waals surface area contributed by atoms with Gasteiger partial charge in [0.25, 0.3) is 0 Å². The van der Waals surface area contributed by atoms with Gasteiger partial charge in [-0.25, -0.2) is 23.9 Å². The monoisotopic (exact) mass is 492 g/mol. The molecule has 0 aliphatic heterocycles. The number of nitrogens with zero attached hydrogens (tertiary/aromatic N) is 5. The molecule has 12 heteroatoms. The summed E-state index contributed by atoms with van der Waals surface area (Å²) in [5, 5.41) is 12.8. The van der Waals surface area contributed by atoms with E-state index in [1.165, 1.54) is 10.8 Å². The molecule has 0 amide bonds. The molecule has 11 nitrogen and oxygen atoms in total. The molecule has 176 valence electrons. The zero-order valence-corrected chi connectivity index (χ0v) is 19.0. The van der Waals surface area contributed by atoms with Gasteiger partial charge < -0.3 is 15.2 Å². The van der Waals surface area contributed by atoms with Crippen molar-refractivity contribution >= 4 is 29.2 Å². The van der Waals surface area contributed by atoms with Crippen LogP contribution in [0.3, 0.4) is 0 Å². The maximum Gasteiger partial charge on any atom is 0.356 e. The molecule has 2 aliphatic carbocycles. The first-order valence-corrected chi connectivity index (χ1v) is 10.9. The zero-order chi connectivity index (χ0) is 24.7. The van der Waals surface area contributed by atoms with Crippen LogP contribution in [0.15, 0.2) is 58.4 Å². The summed E-state index contributed by atoms with van der Waals surface area (Å²) in [6, 6.07) is 10.3. The van der Waals surface area contributed by atoms with Crippen molar-refractivity contribution in [3.8, 4) is 22.8 Å². The van der Waals surface area contributed by atoms with Crippen LogP contribution in [0.2, 0.25) is 5.02 Å². The number of carboxylic acid groups (broad SMARTS) is 1. The molecule has 0 saturated carbocycles. The Morgan fingerprint density at radius 3 is 2.46 bits per heavy atom. The molecular weight excluding hydrogens is 476 g/mol. The van der Waals surface area contributed by atoms with Crippen LogP contribution in [0.4, 0.5) is 11.6 Å².